The second-order valence-electron chi connectivity index (χ2n) is 6.91. The van der Waals surface area contributed by atoms with E-state index in [0.717, 1.165) is 25.3 Å². The normalized spacial score (nSPS) is 27.5. The summed E-state index contributed by atoms with van der Waals surface area (Å²) in [5, 5.41) is 3.68. The standard InChI is InChI=1S/C18H27FN2/c1-21-9-6-14(7-10-21)5-8-20-18-12-16(13-18)15-3-2-4-17(19)11-15/h2-4,11,14,16,18,20H,5-10,12-13H2,1H3. The van der Waals surface area contributed by atoms with Crippen LogP contribution in [0.4, 0.5) is 4.39 Å². The lowest BCUT2D eigenvalue weighted by Gasteiger charge is -2.37. The van der Waals surface area contributed by atoms with E-state index in [4.69, 9.17) is 0 Å². The smallest absolute Gasteiger partial charge is 0.123 e. The van der Waals surface area contributed by atoms with Crippen molar-refractivity contribution in [1.29, 1.82) is 0 Å². The molecule has 116 valence electrons. The fourth-order valence-corrected chi connectivity index (χ4v) is 3.66. The van der Waals surface area contributed by atoms with Gasteiger partial charge in [0.05, 0.1) is 0 Å². The van der Waals surface area contributed by atoms with E-state index in [1.54, 1.807) is 6.07 Å². The Morgan fingerprint density at radius 2 is 2.00 bits per heavy atom. The van der Waals surface area contributed by atoms with E-state index in [1.165, 1.54) is 44.0 Å². The van der Waals surface area contributed by atoms with Gasteiger partial charge in [0.2, 0.25) is 0 Å². The summed E-state index contributed by atoms with van der Waals surface area (Å²) in [6.07, 6.45) is 6.35. The van der Waals surface area contributed by atoms with Gasteiger partial charge in [0.15, 0.2) is 0 Å². The Balaban J connectivity index is 1.32. The molecule has 1 N–H and O–H groups in total. The third-order valence-corrected chi connectivity index (χ3v) is 5.28. The predicted octanol–water partition coefficient (Wildman–Crippen LogP) is 3.39. The maximum Gasteiger partial charge on any atom is 0.123 e. The second kappa shape index (κ2) is 6.89. The Morgan fingerprint density at radius 3 is 2.71 bits per heavy atom. The fraction of sp³-hybridized carbons (Fsp3) is 0.667. The Kier molecular flexibility index (Phi) is 4.91. The van der Waals surface area contributed by atoms with Gasteiger partial charge in [-0.15, -0.1) is 0 Å². The monoisotopic (exact) mass is 290 g/mol. The molecule has 2 aliphatic rings. The molecule has 3 rings (SSSR count). The van der Waals surface area contributed by atoms with Gasteiger partial charge in [-0.2, -0.15) is 0 Å². The Morgan fingerprint density at radius 1 is 1.24 bits per heavy atom. The van der Waals surface area contributed by atoms with Gasteiger partial charge >= 0.3 is 0 Å². The maximum atomic E-state index is 13.2. The lowest BCUT2D eigenvalue weighted by Crippen LogP contribution is -2.41. The summed E-state index contributed by atoms with van der Waals surface area (Å²) in [6, 6.07) is 7.75. The quantitative estimate of drug-likeness (QED) is 0.894. The highest BCUT2D eigenvalue weighted by Crippen LogP contribution is 2.37. The van der Waals surface area contributed by atoms with Crippen LogP contribution in [0.25, 0.3) is 0 Å². The SMILES string of the molecule is CN1CCC(CCNC2CC(c3cccc(F)c3)C2)CC1. The molecule has 0 spiro atoms. The van der Waals surface area contributed by atoms with Gasteiger partial charge in [0.25, 0.3) is 0 Å². The van der Waals surface area contributed by atoms with E-state index in [0.29, 0.717) is 12.0 Å². The summed E-state index contributed by atoms with van der Waals surface area (Å²) in [4.78, 5) is 2.43. The molecule has 1 aliphatic heterocycles. The van der Waals surface area contributed by atoms with Crippen molar-refractivity contribution in [3.05, 3.63) is 35.6 Å². The zero-order valence-electron chi connectivity index (χ0n) is 13.0. The molecular weight excluding hydrogens is 263 g/mol. The van der Waals surface area contributed by atoms with Crippen molar-refractivity contribution in [3.8, 4) is 0 Å². The number of nitrogens with zero attached hydrogens (tertiary/aromatic N) is 1. The molecule has 1 aromatic rings. The maximum absolute atomic E-state index is 13.2. The topological polar surface area (TPSA) is 15.3 Å². The van der Waals surface area contributed by atoms with Crippen molar-refractivity contribution >= 4 is 0 Å². The minimum atomic E-state index is -0.105. The number of piperidine rings is 1. The molecule has 1 heterocycles. The largest absolute Gasteiger partial charge is 0.314 e. The number of likely N-dealkylation sites (tertiary alicyclic amines) is 1. The van der Waals surface area contributed by atoms with Gasteiger partial charge in [-0.1, -0.05) is 12.1 Å². The van der Waals surface area contributed by atoms with Crippen molar-refractivity contribution < 1.29 is 4.39 Å². The molecule has 0 atom stereocenters. The molecule has 0 radical (unpaired) electrons. The van der Waals surface area contributed by atoms with E-state index >= 15 is 0 Å². The van der Waals surface area contributed by atoms with Crippen molar-refractivity contribution in [1.82, 2.24) is 10.2 Å². The molecule has 1 aliphatic carbocycles. The molecule has 0 unspecified atom stereocenters. The highest BCUT2D eigenvalue weighted by Gasteiger charge is 2.30. The molecule has 0 bridgehead atoms. The first-order valence-electron chi connectivity index (χ1n) is 8.38. The minimum absolute atomic E-state index is 0.105. The van der Waals surface area contributed by atoms with Gasteiger partial charge in [-0.05, 0) is 88.3 Å². The number of hydrogen-bond acceptors (Lipinski definition) is 2. The van der Waals surface area contributed by atoms with E-state index < -0.39 is 0 Å². The third-order valence-electron chi connectivity index (χ3n) is 5.28. The molecule has 1 saturated carbocycles. The first-order valence-corrected chi connectivity index (χ1v) is 8.38. The lowest BCUT2D eigenvalue weighted by atomic mass is 9.76. The number of nitrogens with one attached hydrogen (secondary N) is 1. The van der Waals surface area contributed by atoms with Crippen LogP contribution in [0.15, 0.2) is 24.3 Å². The van der Waals surface area contributed by atoms with Crippen LogP contribution < -0.4 is 5.32 Å². The number of hydrogen-bond donors (Lipinski definition) is 1. The zero-order chi connectivity index (χ0) is 14.7. The summed E-state index contributed by atoms with van der Waals surface area (Å²) in [7, 11) is 2.22. The first kappa shape index (κ1) is 15.0. The molecule has 2 nitrogen and oxygen atoms in total. The Bertz CT molecular complexity index is 448. The third kappa shape index (κ3) is 4.04. The molecule has 21 heavy (non-hydrogen) atoms. The number of rotatable bonds is 5. The van der Waals surface area contributed by atoms with E-state index in [-0.39, 0.29) is 5.82 Å². The van der Waals surface area contributed by atoms with Crippen molar-refractivity contribution in [2.45, 2.75) is 44.1 Å². The highest BCUT2D eigenvalue weighted by atomic mass is 19.1. The van der Waals surface area contributed by atoms with Gasteiger partial charge < -0.3 is 10.2 Å². The van der Waals surface area contributed by atoms with Crippen LogP contribution in [0.2, 0.25) is 0 Å². The molecule has 3 heteroatoms. The molecule has 2 fully saturated rings. The Labute approximate surface area is 127 Å². The van der Waals surface area contributed by atoms with E-state index in [1.807, 2.05) is 6.07 Å². The second-order valence-corrected chi connectivity index (χ2v) is 6.91. The van der Waals surface area contributed by atoms with Crippen molar-refractivity contribution in [2.75, 3.05) is 26.7 Å². The van der Waals surface area contributed by atoms with Crippen molar-refractivity contribution in [3.63, 3.8) is 0 Å². The van der Waals surface area contributed by atoms with Crippen LogP contribution in [0.5, 0.6) is 0 Å². The summed E-state index contributed by atoms with van der Waals surface area (Å²) in [5.74, 6) is 1.36. The first-order chi connectivity index (χ1) is 10.2. The molecule has 1 aromatic carbocycles. The zero-order valence-corrected chi connectivity index (χ0v) is 13.0. The van der Waals surface area contributed by atoms with E-state index in [2.05, 4.69) is 23.3 Å². The lowest BCUT2D eigenvalue weighted by molar-refractivity contribution is 0.205. The average Bonchev–Trinajstić information content (AvgIpc) is 2.43. The van der Waals surface area contributed by atoms with Gasteiger partial charge in [0.1, 0.15) is 5.82 Å². The van der Waals surface area contributed by atoms with Gasteiger partial charge in [-0.3, -0.25) is 0 Å². The number of halogens is 1. The van der Waals surface area contributed by atoms with Crippen LogP contribution in [0.1, 0.15) is 43.6 Å². The molecular formula is C18H27FN2. The molecule has 0 aromatic heterocycles. The Hall–Kier alpha value is -0.930. The van der Waals surface area contributed by atoms with Crippen LogP contribution in [-0.2, 0) is 0 Å². The summed E-state index contributed by atoms with van der Waals surface area (Å²) >= 11 is 0. The van der Waals surface area contributed by atoms with Crippen molar-refractivity contribution in [2.24, 2.45) is 5.92 Å². The minimum Gasteiger partial charge on any atom is -0.314 e. The van der Waals surface area contributed by atoms with Crippen LogP contribution in [0.3, 0.4) is 0 Å². The summed E-state index contributed by atoms with van der Waals surface area (Å²) < 4.78 is 13.2. The van der Waals surface area contributed by atoms with Gasteiger partial charge in [-0.25, -0.2) is 4.39 Å². The van der Waals surface area contributed by atoms with E-state index in [9.17, 15) is 4.39 Å². The molecule has 1 saturated heterocycles. The number of benzene rings is 1. The van der Waals surface area contributed by atoms with Crippen LogP contribution in [-0.4, -0.2) is 37.6 Å². The predicted molar refractivity (Wildman–Crippen MR) is 85.0 cm³/mol. The average molecular weight is 290 g/mol. The highest BCUT2D eigenvalue weighted by molar-refractivity contribution is 5.23. The summed E-state index contributed by atoms with van der Waals surface area (Å²) in [6.45, 7) is 3.67. The fourth-order valence-electron chi connectivity index (χ4n) is 3.66. The van der Waals surface area contributed by atoms with Crippen LogP contribution in [0, 0.1) is 11.7 Å². The van der Waals surface area contributed by atoms with Gasteiger partial charge in [0, 0.05) is 6.04 Å². The summed E-state index contributed by atoms with van der Waals surface area (Å²) in [5.41, 5.74) is 1.17. The van der Waals surface area contributed by atoms with Crippen LogP contribution >= 0.6 is 0 Å². The molecule has 0 amide bonds.